The molecule has 1 rings (SSSR count). The number of carbonyl (C=O) groups is 2. The molecule has 0 aliphatic heterocycles. The number of nitrogens with zero attached hydrogens (tertiary/aromatic N) is 1. The Morgan fingerprint density at radius 2 is 1.92 bits per heavy atom. The van der Waals surface area contributed by atoms with Gasteiger partial charge >= 0.3 is 5.97 Å². The molecule has 1 aromatic carbocycles. The van der Waals surface area contributed by atoms with Gasteiger partial charge in [0, 0.05) is 18.5 Å². The Kier molecular flexibility index (Phi) is 7.67. The number of benzene rings is 1. The molecular weight excluding hydrogens is 316 g/mol. The molecule has 24 heavy (non-hydrogen) atoms. The van der Waals surface area contributed by atoms with Crippen LogP contribution in [0.5, 0.6) is 0 Å². The van der Waals surface area contributed by atoms with E-state index in [4.69, 9.17) is 5.11 Å². The second-order valence-electron chi connectivity index (χ2n) is 6.00. The van der Waals surface area contributed by atoms with Gasteiger partial charge in [-0.3, -0.25) is 9.59 Å². The monoisotopic (exact) mass is 338 g/mol. The molecule has 132 valence electrons. The van der Waals surface area contributed by atoms with Crippen LogP contribution in [-0.4, -0.2) is 28.6 Å². The van der Waals surface area contributed by atoms with E-state index in [9.17, 15) is 19.7 Å². The zero-order chi connectivity index (χ0) is 18.1. The Bertz CT molecular complexity index is 570. The molecule has 1 amide bonds. The van der Waals surface area contributed by atoms with E-state index in [1.54, 1.807) is 24.3 Å². The maximum absolute atomic E-state index is 12.1. The number of hydrogen-bond acceptors (Lipinski definition) is 5. The normalized spacial score (nSPS) is 11.8. The summed E-state index contributed by atoms with van der Waals surface area (Å²) >= 11 is 0. The molecule has 0 fully saturated rings. The maximum Gasteiger partial charge on any atom is 0.303 e. The third-order valence-corrected chi connectivity index (χ3v) is 3.37. The maximum atomic E-state index is 12.1. The van der Waals surface area contributed by atoms with Crippen molar-refractivity contribution in [1.82, 2.24) is 5.32 Å². The minimum absolute atomic E-state index is 0.00955. The molecule has 0 bridgehead atoms. The Balaban J connectivity index is 2.56. The first-order valence-electron chi connectivity index (χ1n) is 7.64. The lowest BCUT2D eigenvalue weighted by molar-refractivity contribution is -0.763. The average Bonchev–Trinajstić information content (AvgIpc) is 2.49. The summed E-state index contributed by atoms with van der Waals surface area (Å²) in [5, 5.41) is 20.9. The summed E-state index contributed by atoms with van der Waals surface area (Å²) in [4.78, 5) is 37.4. The highest BCUT2D eigenvalue weighted by Crippen LogP contribution is 2.15. The summed E-state index contributed by atoms with van der Waals surface area (Å²) in [6, 6.07) is 6.23. The third kappa shape index (κ3) is 7.57. The summed E-state index contributed by atoms with van der Waals surface area (Å²) in [5.74, 6) is -0.979. The molecule has 0 aliphatic carbocycles. The quantitative estimate of drug-likeness (QED) is 0.499. The standard InChI is InChI=1S/C16H22N2O6/c1-11(2)7-13(8-15(19)20)9-17-16(21)14-5-3-12(4-6-14)10-24-18(22)23/h3-6,11,13H,7-10H2,1-2H3,(H,17,21)(H,19,20)/t13-/m0/s1. The van der Waals surface area contributed by atoms with Gasteiger partial charge in [0.15, 0.2) is 0 Å². The minimum atomic E-state index is -0.884. The molecule has 0 saturated heterocycles. The van der Waals surface area contributed by atoms with Crippen LogP contribution in [0.2, 0.25) is 0 Å². The van der Waals surface area contributed by atoms with Gasteiger partial charge in [-0.2, -0.15) is 0 Å². The van der Waals surface area contributed by atoms with Crippen molar-refractivity contribution in [2.45, 2.75) is 33.3 Å². The van der Waals surface area contributed by atoms with Crippen molar-refractivity contribution in [3.05, 3.63) is 45.5 Å². The predicted molar refractivity (Wildman–Crippen MR) is 85.8 cm³/mol. The van der Waals surface area contributed by atoms with Crippen LogP contribution in [0.25, 0.3) is 0 Å². The van der Waals surface area contributed by atoms with Crippen molar-refractivity contribution in [1.29, 1.82) is 0 Å². The molecule has 1 atom stereocenters. The second-order valence-corrected chi connectivity index (χ2v) is 6.00. The molecule has 1 aromatic rings. The van der Waals surface area contributed by atoms with Gasteiger partial charge in [-0.15, -0.1) is 10.1 Å². The topological polar surface area (TPSA) is 119 Å². The van der Waals surface area contributed by atoms with E-state index in [-0.39, 0.29) is 31.4 Å². The number of nitrogens with one attached hydrogen (secondary N) is 1. The summed E-state index contributed by atoms with van der Waals surface area (Å²) in [6.45, 7) is 4.12. The molecule has 0 aliphatic rings. The summed E-state index contributed by atoms with van der Waals surface area (Å²) in [6.07, 6.45) is 0.722. The van der Waals surface area contributed by atoms with Crippen LogP contribution in [0.3, 0.4) is 0 Å². The Labute approximate surface area is 139 Å². The van der Waals surface area contributed by atoms with Gasteiger partial charge in [0.25, 0.3) is 11.0 Å². The number of amides is 1. The average molecular weight is 338 g/mol. The Morgan fingerprint density at radius 1 is 1.29 bits per heavy atom. The third-order valence-electron chi connectivity index (χ3n) is 3.37. The van der Waals surface area contributed by atoms with E-state index >= 15 is 0 Å². The van der Waals surface area contributed by atoms with Gasteiger partial charge in [0.2, 0.25) is 0 Å². The van der Waals surface area contributed by atoms with Gasteiger partial charge in [0.05, 0.1) is 0 Å². The van der Waals surface area contributed by atoms with E-state index in [0.717, 1.165) is 0 Å². The van der Waals surface area contributed by atoms with Crippen molar-refractivity contribution in [3.8, 4) is 0 Å². The van der Waals surface area contributed by atoms with Gasteiger partial charge in [0.1, 0.15) is 6.61 Å². The number of carbonyl (C=O) groups excluding carboxylic acids is 1. The fraction of sp³-hybridized carbons (Fsp3) is 0.500. The molecule has 8 nitrogen and oxygen atoms in total. The smallest absolute Gasteiger partial charge is 0.303 e. The molecule has 0 heterocycles. The first kappa shape index (κ1) is 19.4. The Hall–Kier alpha value is -2.64. The first-order chi connectivity index (χ1) is 11.3. The molecule has 0 spiro atoms. The van der Waals surface area contributed by atoms with E-state index in [2.05, 4.69) is 10.2 Å². The highest BCUT2D eigenvalue weighted by molar-refractivity contribution is 5.94. The molecule has 2 N–H and O–H groups in total. The number of rotatable bonds is 10. The van der Waals surface area contributed by atoms with Crippen LogP contribution in [-0.2, 0) is 16.2 Å². The van der Waals surface area contributed by atoms with Gasteiger partial charge in [-0.1, -0.05) is 26.0 Å². The van der Waals surface area contributed by atoms with Crippen LogP contribution in [0, 0.1) is 22.0 Å². The summed E-state index contributed by atoms with van der Waals surface area (Å²) in [5.41, 5.74) is 0.977. The zero-order valence-electron chi connectivity index (χ0n) is 13.7. The molecule has 0 radical (unpaired) electrons. The number of hydrogen-bond donors (Lipinski definition) is 2. The van der Waals surface area contributed by atoms with Crippen molar-refractivity contribution in [2.24, 2.45) is 11.8 Å². The molecule has 0 unspecified atom stereocenters. The van der Waals surface area contributed by atoms with Crippen molar-refractivity contribution in [3.63, 3.8) is 0 Å². The first-order valence-corrected chi connectivity index (χ1v) is 7.64. The largest absolute Gasteiger partial charge is 0.481 e. The van der Waals surface area contributed by atoms with Crippen LogP contribution < -0.4 is 5.32 Å². The van der Waals surface area contributed by atoms with E-state index in [0.29, 0.717) is 23.5 Å². The zero-order valence-corrected chi connectivity index (χ0v) is 13.7. The molecule has 0 aromatic heterocycles. The van der Waals surface area contributed by atoms with Crippen LogP contribution in [0.4, 0.5) is 0 Å². The van der Waals surface area contributed by atoms with Gasteiger partial charge < -0.3 is 15.3 Å². The second kappa shape index (κ2) is 9.49. The lowest BCUT2D eigenvalue weighted by Gasteiger charge is -2.17. The highest BCUT2D eigenvalue weighted by atomic mass is 16.9. The molecule has 8 heteroatoms. The van der Waals surface area contributed by atoms with Crippen LogP contribution in [0.15, 0.2) is 24.3 Å². The number of carboxylic acids is 1. The summed E-state index contributed by atoms with van der Waals surface area (Å²) in [7, 11) is 0. The lowest BCUT2D eigenvalue weighted by atomic mass is 9.94. The summed E-state index contributed by atoms with van der Waals surface area (Å²) < 4.78 is 0. The number of aliphatic carboxylic acids is 1. The van der Waals surface area contributed by atoms with Crippen molar-refractivity contribution < 1.29 is 24.6 Å². The van der Waals surface area contributed by atoms with Crippen molar-refractivity contribution in [2.75, 3.05) is 6.54 Å². The van der Waals surface area contributed by atoms with E-state index in [1.165, 1.54) is 0 Å². The van der Waals surface area contributed by atoms with Crippen LogP contribution >= 0.6 is 0 Å². The van der Waals surface area contributed by atoms with E-state index < -0.39 is 11.1 Å². The fourth-order valence-corrected chi connectivity index (χ4v) is 2.37. The fourth-order valence-electron chi connectivity index (χ4n) is 2.37. The SMILES string of the molecule is CC(C)C[C@H](CNC(=O)c1ccc(CO[N+](=O)[O-])cc1)CC(=O)O. The van der Waals surface area contributed by atoms with Gasteiger partial charge in [-0.05, 0) is 36.0 Å². The van der Waals surface area contributed by atoms with E-state index in [1.807, 2.05) is 13.8 Å². The number of carboxylic acid groups (broad SMARTS) is 1. The molecular formula is C16H22N2O6. The van der Waals surface area contributed by atoms with Gasteiger partial charge in [-0.25, -0.2) is 0 Å². The molecule has 0 saturated carbocycles. The highest BCUT2D eigenvalue weighted by Gasteiger charge is 2.16. The van der Waals surface area contributed by atoms with Crippen molar-refractivity contribution >= 4 is 11.9 Å². The predicted octanol–water partition coefficient (Wildman–Crippen LogP) is 2.26. The minimum Gasteiger partial charge on any atom is -0.481 e. The van der Waals surface area contributed by atoms with Crippen LogP contribution in [0.1, 0.15) is 42.6 Å². The lowest BCUT2D eigenvalue weighted by Crippen LogP contribution is -2.31. The Morgan fingerprint density at radius 3 is 2.42 bits per heavy atom.